The molecule has 0 saturated carbocycles. The van der Waals surface area contributed by atoms with Crippen molar-refractivity contribution in [3.05, 3.63) is 224 Å². The summed E-state index contributed by atoms with van der Waals surface area (Å²) in [5.74, 6) is 0.922. The summed E-state index contributed by atoms with van der Waals surface area (Å²) in [6, 6.07) is 80.6. The highest BCUT2D eigenvalue weighted by atomic mass is 15.1. The van der Waals surface area contributed by atoms with Gasteiger partial charge in [0.15, 0.2) is 0 Å². The van der Waals surface area contributed by atoms with Crippen LogP contribution < -0.4 is 0 Å². The maximum Gasteiger partial charge on any atom is 0.145 e. The molecule has 0 aliphatic heterocycles. The van der Waals surface area contributed by atoms with E-state index >= 15 is 0 Å². The quantitative estimate of drug-likeness (QED) is 0.160. The standard InChI is InChI=1S/C55H37N3/c1-4-14-38(15-5-1)41-18-12-20-43(34-41)45-28-32-52-49(36-45)50-37-46(44-21-13-19-42(35-44)39-16-6-2-7-17-39)29-33-53(50)57(52)48-30-26-40(27-31-48)55-56-51-24-10-11-25-54(51)58(55)47-22-8-3-9-23-47/h1-37H. The summed E-state index contributed by atoms with van der Waals surface area (Å²) >= 11 is 0. The van der Waals surface area contributed by atoms with Crippen LogP contribution in [0.1, 0.15) is 0 Å². The largest absolute Gasteiger partial charge is 0.309 e. The summed E-state index contributed by atoms with van der Waals surface area (Å²) in [4.78, 5) is 5.14. The molecular formula is C55H37N3. The third-order valence-electron chi connectivity index (χ3n) is 11.3. The second-order valence-electron chi connectivity index (χ2n) is 14.8. The molecule has 11 rings (SSSR count). The molecule has 2 aromatic heterocycles. The normalized spacial score (nSPS) is 11.4. The highest BCUT2D eigenvalue weighted by Crippen LogP contribution is 2.39. The fraction of sp³-hybridized carbons (Fsp3) is 0. The molecule has 0 unspecified atom stereocenters. The van der Waals surface area contributed by atoms with Gasteiger partial charge >= 0.3 is 0 Å². The van der Waals surface area contributed by atoms with Crippen LogP contribution in [-0.4, -0.2) is 14.1 Å². The molecule has 3 heteroatoms. The Hall–Kier alpha value is -7.75. The van der Waals surface area contributed by atoms with Crippen LogP contribution in [0.2, 0.25) is 0 Å². The summed E-state index contributed by atoms with van der Waals surface area (Å²) in [5.41, 5.74) is 17.3. The lowest BCUT2D eigenvalue weighted by Gasteiger charge is -2.12. The molecule has 0 N–H and O–H groups in total. The van der Waals surface area contributed by atoms with Gasteiger partial charge in [0, 0.05) is 27.7 Å². The molecule has 0 amide bonds. The molecule has 9 aromatic carbocycles. The average Bonchev–Trinajstić information content (AvgIpc) is 3.86. The lowest BCUT2D eigenvalue weighted by atomic mass is 9.96. The lowest BCUT2D eigenvalue weighted by Crippen LogP contribution is -1.98. The van der Waals surface area contributed by atoms with Crippen molar-refractivity contribution in [1.29, 1.82) is 0 Å². The number of hydrogen-bond donors (Lipinski definition) is 0. The van der Waals surface area contributed by atoms with E-state index in [1.807, 2.05) is 0 Å². The molecule has 3 nitrogen and oxygen atoms in total. The number of hydrogen-bond acceptors (Lipinski definition) is 1. The minimum Gasteiger partial charge on any atom is -0.309 e. The molecule has 0 spiro atoms. The molecule has 272 valence electrons. The van der Waals surface area contributed by atoms with Crippen molar-refractivity contribution >= 4 is 32.8 Å². The SMILES string of the molecule is c1ccc(-c2cccc(-c3ccc4c(c3)c3cc(-c5cccc(-c6ccccc6)c5)ccc3n4-c3ccc(-c4nc5ccccc5n4-c4ccccc4)cc3)c2)cc1. The second kappa shape index (κ2) is 14.1. The van der Waals surface area contributed by atoms with E-state index in [0.717, 1.165) is 44.8 Å². The number of nitrogens with zero attached hydrogens (tertiary/aromatic N) is 3. The third kappa shape index (κ3) is 5.89. The van der Waals surface area contributed by atoms with Crippen LogP contribution in [0.5, 0.6) is 0 Å². The third-order valence-corrected chi connectivity index (χ3v) is 11.3. The second-order valence-corrected chi connectivity index (χ2v) is 14.8. The van der Waals surface area contributed by atoms with Crippen LogP contribution >= 0.6 is 0 Å². The predicted molar refractivity (Wildman–Crippen MR) is 243 cm³/mol. The van der Waals surface area contributed by atoms with E-state index < -0.39 is 0 Å². The van der Waals surface area contributed by atoms with E-state index in [1.54, 1.807) is 0 Å². The highest BCUT2D eigenvalue weighted by Gasteiger charge is 2.18. The Kier molecular flexibility index (Phi) is 8.15. The number of aromatic nitrogens is 3. The van der Waals surface area contributed by atoms with Gasteiger partial charge in [0.05, 0.1) is 22.1 Å². The molecule has 0 radical (unpaired) electrons. The van der Waals surface area contributed by atoms with Gasteiger partial charge in [-0.15, -0.1) is 0 Å². The summed E-state index contributed by atoms with van der Waals surface area (Å²) in [6.07, 6.45) is 0. The zero-order valence-electron chi connectivity index (χ0n) is 31.7. The first-order valence-corrected chi connectivity index (χ1v) is 19.8. The van der Waals surface area contributed by atoms with E-state index in [-0.39, 0.29) is 0 Å². The first-order valence-electron chi connectivity index (χ1n) is 19.8. The van der Waals surface area contributed by atoms with Crippen LogP contribution in [0, 0.1) is 0 Å². The Morgan fingerprint density at radius 2 is 0.672 bits per heavy atom. The van der Waals surface area contributed by atoms with E-state index in [0.29, 0.717) is 0 Å². The number of benzene rings is 9. The Bertz CT molecular complexity index is 3110. The summed E-state index contributed by atoms with van der Waals surface area (Å²) in [5, 5.41) is 2.43. The first-order chi connectivity index (χ1) is 28.7. The van der Waals surface area contributed by atoms with Gasteiger partial charge in [0.25, 0.3) is 0 Å². The molecule has 0 saturated heterocycles. The van der Waals surface area contributed by atoms with Crippen molar-refractivity contribution < 1.29 is 0 Å². The summed E-state index contributed by atoms with van der Waals surface area (Å²) < 4.78 is 4.66. The average molecular weight is 740 g/mol. The molecule has 58 heavy (non-hydrogen) atoms. The first kappa shape index (κ1) is 33.6. The van der Waals surface area contributed by atoms with Gasteiger partial charge in [0.2, 0.25) is 0 Å². The minimum absolute atomic E-state index is 0.922. The molecule has 11 aromatic rings. The van der Waals surface area contributed by atoms with Gasteiger partial charge in [-0.05, 0) is 129 Å². The smallest absolute Gasteiger partial charge is 0.145 e. The molecule has 0 bridgehead atoms. The molecule has 0 atom stereocenters. The van der Waals surface area contributed by atoms with Gasteiger partial charge in [-0.3, -0.25) is 4.57 Å². The monoisotopic (exact) mass is 739 g/mol. The van der Waals surface area contributed by atoms with Crippen molar-refractivity contribution in [2.45, 2.75) is 0 Å². The van der Waals surface area contributed by atoms with Crippen molar-refractivity contribution in [2.24, 2.45) is 0 Å². The fourth-order valence-corrected chi connectivity index (χ4v) is 8.50. The van der Waals surface area contributed by atoms with Crippen LogP contribution in [0.3, 0.4) is 0 Å². The molecule has 0 aliphatic rings. The number of para-hydroxylation sites is 3. The van der Waals surface area contributed by atoms with Gasteiger partial charge in [0.1, 0.15) is 5.82 Å². The van der Waals surface area contributed by atoms with Crippen molar-refractivity contribution in [1.82, 2.24) is 14.1 Å². The zero-order valence-corrected chi connectivity index (χ0v) is 31.7. The van der Waals surface area contributed by atoms with Gasteiger partial charge < -0.3 is 4.57 Å². The predicted octanol–water partition coefficient (Wildman–Crippen LogP) is 14.5. The van der Waals surface area contributed by atoms with E-state index in [1.165, 1.54) is 55.3 Å². The molecule has 0 aliphatic carbocycles. The topological polar surface area (TPSA) is 22.8 Å². The zero-order chi connectivity index (χ0) is 38.4. The number of imidazole rings is 1. The van der Waals surface area contributed by atoms with Crippen molar-refractivity contribution in [3.8, 4) is 67.3 Å². The summed E-state index contributed by atoms with van der Waals surface area (Å²) in [7, 11) is 0. The Morgan fingerprint density at radius 1 is 0.259 bits per heavy atom. The van der Waals surface area contributed by atoms with Crippen LogP contribution in [0.4, 0.5) is 0 Å². The van der Waals surface area contributed by atoms with Crippen LogP contribution in [0.15, 0.2) is 224 Å². The minimum atomic E-state index is 0.922. The molecular weight excluding hydrogens is 703 g/mol. The van der Waals surface area contributed by atoms with Crippen LogP contribution in [-0.2, 0) is 0 Å². The lowest BCUT2D eigenvalue weighted by molar-refractivity contribution is 1.10. The molecule has 0 fully saturated rings. The van der Waals surface area contributed by atoms with Crippen molar-refractivity contribution in [2.75, 3.05) is 0 Å². The maximum absolute atomic E-state index is 5.14. The fourth-order valence-electron chi connectivity index (χ4n) is 8.50. The number of fused-ring (bicyclic) bond motifs is 4. The summed E-state index contributed by atoms with van der Waals surface area (Å²) in [6.45, 7) is 0. The Labute approximate surface area is 337 Å². The highest BCUT2D eigenvalue weighted by molar-refractivity contribution is 6.11. The van der Waals surface area contributed by atoms with E-state index in [4.69, 9.17) is 4.98 Å². The van der Waals surface area contributed by atoms with Gasteiger partial charge in [-0.1, -0.05) is 140 Å². The Morgan fingerprint density at radius 3 is 1.22 bits per heavy atom. The van der Waals surface area contributed by atoms with E-state index in [9.17, 15) is 0 Å². The number of rotatable bonds is 7. The van der Waals surface area contributed by atoms with Crippen LogP contribution in [0.25, 0.3) is 100 Å². The van der Waals surface area contributed by atoms with Gasteiger partial charge in [-0.2, -0.15) is 0 Å². The van der Waals surface area contributed by atoms with Crippen molar-refractivity contribution in [3.63, 3.8) is 0 Å². The Balaban J connectivity index is 1.07. The maximum atomic E-state index is 5.14. The van der Waals surface area contributed by atoms with E-state index in [2.05, 4.69) is 234 Å². The molecule has 2 heterocycles. The van der Waals surface area contributed by atoms with Gasteiger partial charge in [-0.25, -0.2) is 4.98 Å².